The average molecular weight is 477 g/mol. The van der Waals surface area contributed by atoms with Crippen molar-refractivity contribution >= 4 is 22.8 Å². The zero-order chi connectivity index (χ0) is 24.5. The summed E-state index contributed by atoms with van der Waals surface area (Å²) in [5, 5.41) is 11.7. The number of carbonyl (C=O) groups excluding carboxylic acids is 1. The van der Waals surface area contributed by atoms with Crippen LogP contribution in [0.15, 0.2) is 40.2 Å². The number of carbonyl (C=O) groups is 1. The third-order valence-corrected chi connectivity index (χ3v) is 6.53. The lowest BCUT2D eigenvalue weighted by Crippen LogP contribution is -2.37. The summed E-state index contributed by atoms with van der Waals surface area (Å²) in [7, 11) is 3.03. The van der Waals surface area contributed by atoms with Crippen LogP contribution in [-0.4, -0.2) is 39.4 Å². The van der Waals surface area contributed by atoms with Crippen LogP contribution in [-0.2, 0) is 38.4 Å². The maximum Gasteiger partial charge on any atom is 0.332 e. The summed E-state index contributed by atoms with van der Waals surface area (Å²) in [4.78, 5) is 41.5. The summed E-state index contributed by atoms with van der Waals surface area (Å²) in [5.74, 6) is 1.74. The van der Waals surface area contributed by atoms with Crippen LogP contribution in [0.1, 0.15) is 37.9 Å². The number of hydrogen-bond donors (Lipinski definition) is 1. The van der Waals surface area contributed by atoms with Gasteiger partial charge in [0.2, 0.25) is 5.91 Å². The fourth-order valence-electron chi connectivity index (χ4n) is 4.63. The van der Waals surface area contributed by atoms with Crippen molar-refractivity contribution < 1.29 is 4.79 Å². The Hall–Kier alpha value is -4.02. The SMILES string of the molecule is Cn1c(=O)c2c(ncn2CCCC(=O)Nc2cccc(-c3nnc4n3CCCCC4)c2)n(C)c1=O. The Morgan fingerprint density at radius 1 is 1.09 bits per heavy atom. The quantitative estimate of drug-likeness (QED) is 0.453. The molecule has 11 nitrogen and oxygen atoms in total. The molecule has 0 atom stereocenters. The number of amides is 1. The van der Waals surface area contributed by atoms with Gasteiger partial charge >= 0.3 is 5.69 Å². The van der Waals surface area contributed by atoms with Crippen molar-refractivity contribution in [1.29, 1.82) is 0 Å². The highest BCUT2D eigenvalue weighted by molar-refractivity contribution is 5.91. The molecular formula is C24H28N8O3. The van der Waals surface area contributed by atoms with Crippen LogP contribution >= 0.6 is 0 Å². The zero-order valence-corrected chi connectivity index (χ0v) is 19.9. The second-order valence-corrected chi connectivity index (χ2v) is 8.95. The Kier molecular flexibility index (Phi) is 6.06. The van der Waals surface area contributed by atoms with Gasteiger partial charge in [0.1, 0.15) is 5.82 Å². The van der Waals surface area contributed by atoms with Gasteiger partial charge in [0.25, 0.3) is 5.56 Å². The summed E-state index contributed by atoms with van der Waals surface area (Å²) in [6.07, 6.45) is 6.71. The average Bonchev–Trinajstić information content (AvgIpc) is 3.39. The topological polar surface area (TPSA) is 122 Å². The summed E-state index contributed by atoms with van der Waals surface area (Å²) in [5.41, 5.74) is 1.51. The standard InChI is InChI=1S/C24H28N8O3/c1-29-22-20(23(34)30(2)24(29)35)31(15-25-22)12-7-11-19(33)26-17-9-6-8-16(14-17)21-28-27-18-10-4-3-5-13-32(18)21/h6,8-9,14-15H,3-5,7,10-13H2,1-2H3,(H,26,33). The smallest absolute Gasteiger partial charge is 0.326 e. The van der Waals surface area contributed by atoms with Crippen molar-refractivity contribution in [2.75, 3.05) is 5.32 Å². The Labute approximate surface area is 201 Å². The highest BCUT2D eigenvalue weighted by Gasteiger charge is 2.17. The van der Waals surface area contributed by atoms with Crippen LogP contribution < -0.4 is 16.6 Å². The van der Waals surface area contributed by atoms with E-state index in [4.69, 9.17) is 0 Å². The minimum Gasteiger partial charge on any atom is -0.326 e. The highest BCUT2D eigenvalue weighted by Crippen LogP contribution is 2.25. The Bertz CT molecular complexity index is 1520. The number of nitrogens with one attached hydrogen (secondary N) is 1. The number of hydrogen-bond acceptors (Lipinski definition) is 6. The normalized spacial score (nSPS) is 13.5. The van der Waals surface area contributed by atoms with Gasteiger partial charge in [0.05, 0.1) is 6.33 Å². The first-order valence-electron chi connectivity index (χ1n) is 11.9. The molecule has 4 aromatic rings. The van der Waals surface area contributed by atoms with E-state index in [1.165, 1.54) is 24.4 Å². The molecule has 182 valence electrons. The number of anilines is 1. The molecule has 0 fully saturated rings. The van der Waals surface area contributed by atoms with E-state index >= 15 is 0 Å². The summed E-state index contributed by atoms with van der Waals surface area (Å²) >= 11 is 0. The molecule has 0 aliphatic carbocycles. The van der Waals surface area contributed by atoms with Crippen LogP contribution in [0.5, 0.6) is 0 Å². The molecule has 1 aliphatic heterocycles. The molecule has 11 heteroatoms. The van der Waals surface area contributed by atoms with Crippen molar-refractivity contribution in [1.82, 2.24) is 33.4 Å². The first-order chi connectivity index (χ1) is 16.9. The molecule has 35 heavy (non-hydrogen) atoms. The number of rotatable bonds is 6. The Balaban J connectivity index is 1.25. The van der Waals surface area contributed by atoms with Crippen LogP contribution in [0.4, 0.5) is 5.69 Å². The van der Waals surface area contributed by atoms with Crippen LogP contribution in [0.2, 0.25) is 0 Å². The van der Waals surface area contributed by atoms with Crippen LogP contribution in [0.3, 0.4) is 0 Å². The number of aromatic nitrogens is 7. The zero-order valence-electron chi connectivity index (χ0n) is 19.9. The lowest BCUT2D eigenvalue weighted by atomic mass is 10.1. The van der Waals surface area contributed by atoms with E-state index in [0.29, 0.717) is 29.8 Å². The molecule has 1 aliphatic rings. The van der Waals surface area contributed by atoms with Gasteiger partial charge in [-0.3, -0.25) is 18.7 Å². The maximum absolute atomic E-state index is 12.6. The first-order valence-corrected chi connectivity index (χ1v) is 11.9. The number of imidazole rings is 1. The number of benzene rings is 1. The second-order valence-electron chi connectivity index (χ2n) is 8.95. The van der Waals surface area contributed by atoms with Crippen molar-refractivity contribution in [2.24, 2.45) is 14.1 Å². The van der Waals surface area contributed by atoms with E-state index in [9.17, 15) is 14.4 Å². The van der Waals surface area contributed by atoms with E-state index in [-0.39, 0.29) is 12.3 Å². The predicted molar refractivity (Wildman–Crippen MR) is 131 cm³/mol. The van der Waals surface area contributed by atoms with E-state index < -0.39 is 11.2 Å². The summed E-state index contributed by atoms with van der Waals surface area (Å²) in [6.45, 7) is 1.34. The third kappa shape index (κ3) is 4.29. The first kappa shape index (κ1) is 22.8. The minimum atomic E-state index is -0.420. The molecule has 0 saturated heterocycles. The molecule has 0 spiro atoms. The van der Waals surface area contributed by atoms with E-state index in [1.54, 1.807) is 11.6 Å². The number of fused-ring (bicyclic) bond motifs is 2. The highest BCUT2D eigenvalue weighted by atomic mass is 16.2. The largest absolute Gasteiger partial charge is 0.332 e. The van der Waals surface area contributed by atoms with Crippen LogP contribution in [0.25, 0.3) is 22.6 Å². The molecule has 1 N–H and O–H groups in total. The lowest BCUT2D eigenvalue weighted by Gasteiger charge is -2.10. The van der Waals surface area contributed by atoms with Crippen molar-refractivity contribution in [3.05, 3.63) is 57.3 Å². The summed E-state index contributed by atoms with van der Waals surface area (Å²) in [6, 6.07) is 7.67. The van der Waals surface area contributed by atoms with Gasteiger partial charge in [-0.1, -0.05) is 18.6 Å². The fourth-order valence-corrected chi connectivity index (χ4v) is 4.63. The van der Waals surface area contributed by atoms with E-state index in [0.717, 1.165) is 47.6 Å². The van der Waals surface area contributed by atoms with Gasteiger partial charge in [-0.2, -0.15) is 0 Å². The van der Waals surface area contributed by atoms with Gasteiger partial charge < -0.3 is 14.5 Å². The molecule has 1 amide bonds. The van der Waals surface area contributed by atoms with Gasteiger partial charge in [-0.05, 0) is 31.4 Å². The van der Waals surface area contributed by atoms with E-state index in [2.05, 4.69) is 25.1 Å². The molecule has 5 rings (SSSR count). The fraction of sp³-hybridized carbons (Fsp3) is 0.417. The van der Waals surface area contributed by atoms with Gasteiger partial charge in [-0.15, -0.1) is 10.2 Å². The Morgan fingerprint density at radius 2 is 1.94 bits per heavy atom. The number of nitrogens with zero attached hydrogens (tertiary/aromatic N) is 7. The van der Waals surface area contributed by atoms with Crippen molar-refractivity contribution in [3.63, 3.8) is 0 Å². The lowest BCUT2D eigenvalue weighted by molar-refractivity contribution is -0.116. The molecule has 4 heterocycles. The molecule has 0 unspecified atom stereocenters. The number of aryl methyl sites for hydroxylation is 3. The minimum absolute atomic E-state index is 0.119. The maximum atomic E-state index is 12.6. The monoisotopic (exact) mass is 476 g/mol. The second kappa shape index (κ2) is 9.32. The van der Waals surface area contributed by atoms with Gasteiger partial charge in [-0.25, -0.2) is 9.78 Å². The molecule has 0 saturated carbocycles. The molecular weight excluding hydrogens is 448 g/mol. The molecule has 1 aromatic carbocycles. The van der Waals surface area contributed by atoms with Gasteiger partial charge in [0.15, 0.2) is 17.0 Å². The van der Waals surface area contributed by atoms with Crippen LogP contribution in [0, 0.1) is 0 Å². The third-order valence-electron chi connectivity index (χ3n) is 6.53. The summed E-state index contributed by atoms with van der Waals surface area (Å²) < 4.78 is 6.29. The Morgan fingerprint density at radius 3 is 2.80 bits per heavy atom. The molecule has 0 radical (unpaired) electrons. The van der Waals surface area contributed by atoms with Crippen molar-refractivity contribution in [2.45, 2.75) is 51.6 Å². The molecule has 0 bridgehead atoms. The molecule has 3 aromatic heterocycles. The van der Waals surface area contributed by atoms with Crippen molar-refractivity contribution in [3.8, 4) is 11.4 Å². The van der Waals surface area contributed by atoms with E-state index in [1.807, 2.05) is 24.3 Å². The predicted octanol–water partition coefficient (Wildman–Crippen LogP) is 1.84. The van der Waals surface area contributed by atoms with Gasteiger partial charge in [0, 0.05) is 51.3 Å².